The number of nitrogens with zero attached hydrogens (tertiary/aromatic N) is 4. The number of unbranched alkanes of at least 4 members (excludes halogenated alkanes) is 1. The largest absolute Gasteiger partial charge is 0.481 e. The van der Waals surface area contributed by atoms with E-state index in [4.69, 9.17) is 5.73 Å². The third kappa shape index (κ3) is 32.1. The number of thioether (sulfide) groups is 1. The van der Waals surface area contributed by atoms with Crippen molar-refractivity contribution in [3.63, 3.8) is 0 Å². The maximum absolute atomic E-state index is 15.3. The number of carbonyl (C=O) groups is 19. The number of hydrogen-bond acceptors (Lipinski definition) is 22. The van der Waals surface area contributed by atoms with Crippen molar-refractivity contribution in [2.24, 2.45) is 11.7 Å². The number of nitrogens with two attached hydrogens (primary N) is 1. The Hall–Kier alpha value is -13.5. The van der Waals surface area contributed by atoms with Gasteiger partial charge in [0.2, 0.25) is 100 Å². The van der Waals surface area contributed by atoms with E-state index in [-0.39, 0.29) is 102 Å². The Labute approximate surface area is 793 Å². The smallest absolute Gasteiger partial charge is 0.303 e. The number of carbonyl (C=O) groups excluding carboxylic acids is 18. The number of ketones is 1. The molecular formula is C96H127N17O22S. The molecule has 136 heavy (non-hydrogen) atoms. The number of rotatable bonds is 27. The lowest BCUT2D eigenvalue weighted by molar-refractivity contribution is -0.145. The summed E-state index contributed by atoms with van der Waals surface area (Å²) in [6.07, 6.45) is -4.36. The van der Waals surface area contributed by atoms with E-state index in [9.17, 15) is 87.2 Å². The second-order valence-electron chi connectivity index (χ2n) is 34.9. The minimum absolute atomic E-state index is 0.00860. The van der Waals surface area contributed by atoms with E-state index in [1.807, 2.05) is 60.7 Å². The number of primary amides is 1. The molecule has 3 aliphatic heterocycles. The summed E-state index contributed by atoms with van der Waals surface area (Å²) in [6.45, 7) is 10.0. The third-order valence-electron chi connectivity index (χ3n) is 24.0. The predicted octanol–water partition coefficient (Wildman–Crippen LogP) is -0.121. The average molecular weight is 1900 g/mol. The molecule has 16 atom stereocenters. The molecule has 0 spiro atoms. The van der Waals surface area contributed by atoms with Crippen molar-refractivity contribution < 1.29 is 106 Å². The second-order valence-corrected chi connectivity index (χ2v) is 35.9. The molecule has 3 fully saturated rings. The Bertz CT molecular complexity index is 5060. The van der Waals surface area contributed by atoms with E-state index in [0.717, 1.165) is 62.6 Å². The van der Waals surface area contributed by atoms with Gasteiger partial charge >= 0.3 is 5.97 Å². The van der Waals surface area contributed by atoms with E-state index < -0.39 is 234 Å². The number of benzene rings is 5. The molecule has 3 heterocycles. The summed E-state index contributed by atoms with van der Waals surface area (Å²) in [4.78, 5) is 273. The number of hydrogen-bond donors (Lipinski definition) is 16. The van der Waals surface area contributed by atoms with Crippen LogP contribution in [0.15, 0.2) is 140 Å². The molecule has 0 unspecified atom stereocenters. The fraction of sp³-hybridized carbons (Fsp3) is 0.490. The first kappa shape index (κ1) is 108. The second kappa shape index (κ2) is 52.4. The quantitative estimate of drug-likeness (QED) is 0.0305. The molecule has 734 valence electrons. The molecule has 17 amide bonds. The molecule has 39 nitrogen and oxygen atoms in total. The Morgan fingerprint density at radius 2 is 0.904 bits per heavy atom. The Kier molecular flexibility index (Phi) is 41.5. The zero-order chi connectivity index (χ0) is 99.7. The summed E-state index contributed by atoms with van der Waals surface area (Å²) in [6, 6.07) is 19.4. The van der Waals surface area contributed by atoms with Gasteiger partial charge in [0.1, 0.15) is 90.4 Å². The summed E-state index contributed by atoms with van der Waals surface area (Å²) in [5.74, 6) is -18.8. The number of carboxylic acid groups (broad SMARTS) is 1. The maximum atomic E-state index is 15.3. The summed E-state index contributed by atoms with van der Waals surface area (Å²) in [7, 11) is 2.49. The van der Waals surface area contributed by atoms with Crippen LogP contribution in [0, 0.1) is 5.92 Å². The van der Waals surface area contributed by atoms with E-state index in [1.165, 1.54) is 46.7 Å². The minimum Gasteiger partial charge on any atom is -0.481 e. The van der Waals surface area contributed by atoms with Crippen LogP contribution in [0.2, 0.25) is 0 Å². The first-order valence-electron chi connectivity index (χ1n) is 45.6. The highest BCUT2D eigenvalue weighted by Crippen LogP contribution is 2.27. The molecule has 3 saturated heterocycles. The number of aliphatic carboxylic acids is 1. The molecule has 0 saturated carbocycles. The van der Waals surface area contributed by atoms with Crippen LogP contribution in [-0.2, 0) is 110 Å². The third-order valence-corrected chi connectivity index (χ3v) is 25.1. The average Bonchev–Trinajstić information content (AvgIpc) is 1.05. The van der Waals surface area contributed by atoms with Crippen LogP contribution < -0.4 is 69.5 Å². The number of amides is 17. The number of aliphatic hydroxyl groups is 2. The highest BCUT2D eigenvalue weighted by molar-refractivity contribution is 8.00. The number of aliphatic hydroxyl groups excluding tert-OH is 2. The lowest BCUT2D eigenvalue weighted by atomic mass is 9.99. The summed E-state index contributed by atoms with van der Waals surface area (Å²) in [5, 5.41) is 63.7. The van der Waals surface area contributed by atoms with Gasteiger partial charge in [-0.2, -0.15) is 0 Å². The first-order valence-corrected chi connectivity index (χ1v) is 46.7. The zero-order valence-corrected chi connectivity index (χ0v) is 78.9. The maximum Gasteiger partial charge on any atom is 0.303 e. The molecule has 3 aliphatic rings. The molecule has 0 radical (unpaired) electrons. The summed E-state index contributed by atoms with van der Waals surface area (Å²) >= 11 is 0.777. The number of likely N-dealkylation sites (N-methyl/N-ethyl adjacent to an activating group) is 2. The van der Waals surface area contributed by atoms with E-state index in [1.54, 1.807) is 92.7 Å². The molecule has 17 N–H and O–H groups in total. The van der Waals surface area contributed by atoms with Crippen molar-refractivity contribution in [1.29, 1.82) is 0 Å². The fourth-order valence-corrected chi connectivity index (χ4v) is 16.7. The molecule has 0 aromatic heterocycles. The van der Waals surface area contributed by atoms with Crippen LogP contribution >= 0.6 is 11.8 Å². The highest BCUT2D eigenvalue weighted by Gasteiger charge is 2.45. The predicted molar refractivity (Wildman–Crippen MR) is 502 cm³/mol. The van der Waals surface area contributed by atoms with Gasteiger partial charge in [-0.3, -0.25) is 86.3 Å². The van der Waals surface area contributed by atoms with Gasteiger partial charge < -0.3 is 109 Å². The van der Waals surface area contributed by atoms with Crippen LogP contribution in [0.25, 0.3) is 22.3 Å². The van der Waals surface area contributed by atoms with Gasteiger partial charge in [0, 0.05) is 78.0 Å². The van der Waals surface area contributed by atoms with Crippen molar-refractivity contribution in [3.8, 4) is 22.3 Å². The SMILES string of the molecule is CC(=O)CCC(=O)NCCCC[C@H](NC(=O)CNC(=O)[C@@H]1CSCC(=O)N[C@@H](Cc2ccccc2)C(=O)N[C@@H](C(C)C)C(=O)N2CCC[C@H]2C(=O)N[C@@H]([C@@H](C)O)C(=O)N[C@@H]([C@@H](C)O)C(=O)N[C@@H](Cc2ccc(-c3ccccc3)cc2)C(=O)N(C)[C@@H](C)C(=O)N[C@@H](Cc2ccc(-c3ccccc3)cc2)C(=O)N(C)[C@@H](C)C(=O)N[C@@H](CCC(=O)O)C(=O)N[C@@H](C)C(=O)N2CCC[C@H]2C(=O)N1)C(N)=O. The molecule has 5 aromatic carbocycles. The molecular weight excluding hydrogens is 1780 g/mol. The minimum atomic E-state index is -1.94. The fourth-order valence-electron chi connectivity index (χ4n) is 15.8. The van der Waals surface area contributed by atoms with Gasteiger partial charge in [0.15, 0.2) is 0 Å². The normalized spacial score (nSPS) is 23.7. The first-order chi connectivity index (χ1) is 64.6. The number of fused-ring (bicyclic) bond motifs is 2. The van der Waals surface area contributed by atoms with Gasteiger partial charge in [-0.05, 0) is 138 Å². The van der Waals surface area contributed by atoms with Crippen LogP contribution in [0.4, 0.5) is 0 Å². The summed E-state index contributed by atoms with van der Waals surface area (Å²) in [5.41, 5.74) is 10.5. The molecule has 40 heteroatoms. The molecule has 0 aliphatic carbocycles. The number of Topliss-reactive ketones (excluding diaryl/α,β-unsaturated/α-hetero) is 1. The van der Waals surface area contributed by atoms with E-state index in [0.29, 0.717) is 23.1 Å². The van der Waals surface area contributed by atoms with Crippen LogP contribution in [0.1, 0.15) is 143 Å². The monoisotopic (exact) mass is 1900 g/mol. The van der Waals surface area contributed by atoms with Gasteiger partial charge in [-0.15, -0.1) is 11.8 Å². The highest BCUT2D eigenvalue weighted by atomic mass is 32.2. The Morgan fingerprint density at radius 1 is 0.463 bits per heavy atom. The van der Waals surface area contributed by atoms with Crippen LogP contribution in [0.3, 0.4) is 0 Å². The van der Waals surface area contributed by atoms with E-state index in [2.05, 4.69) is 63.8 Å². The zero-order valence-electron chi connectivity index (χ0n) is 78.1. The number of carboxylic acids is 1. The standard InChI is InChI=1S/C96H127N17O22S/c1-54(2)80-96(135)113-47-23-32-75(113)90(129)108-82(60(8)116)92(131)109-81(59(7)115)91(130)105-72(50-63-36-40-67(41-37-63)65-28-18-13-19-29-65)95(134)111(10)58(6)85(124)104-71(49-62-34-38-66(39-35-62)64-26-16-12-17-27-64)94(133)110(9)57(5)84(123)103-69(42-44-79(120)121)87(126)100-56(4)93(132)112-46-22-31-74(112)89(128)106-73(52-136-53-78(119)102-70(88(127)107-80)48-61-24-14-11-15-25-61)86(125)99-51-77(118)101-68(83(97)122)30-20-21-45-98-76(117)43-33-55(3)114/h11-19,24-29,34-41,54,56-60,68-75,80-82,115-116H,20-23,30-33,42-53H2,1-10H3,(H2,97,122)(H,98,117)(H,99,125)(H,100,126)(H,101,118)(H,102,119)(H,103,123)(H,104,124)(H,105,130)(H,106,128)(H,107,127)(H,108,129)(H,109,131)(H,120,121)/t56-,57-,58-,59+,60+,68-,69-,70-,71-,72-,73-,74-,75-,80-,81-,82-/m0/s1. The van der Waals surface area contributed by atoms with E-state index >= 15 is 19.2 Å². The summed E-state index contributed by atoms with van der Waals surface area (Å²) < 4.78 is 0. The van der Waals surface area contributed by atoms with Crippen LogP contribution in [0.5, 0.6) is 0 Å². The molecule has 5 aromatic rings. The van der Waals surface area contributed by atoms with Crippen molar-refractivity contribution in [1.82, 2.24) is 83.4 Å². The van der Waals surface area contributed by atoms with Crippen molar-refractivity contribution in [2.45, 2.75) is 242 Å². The topological polar surface area (TPSA) is 568 Å². The number of nitrogens with one attached hydrogen (secondary N) is 12. The van der Waals surface area contributed by atoms with Crippen molar-refractivity contribution in [2.75, 3.05) is 51.8 Å². The Morgan fingerprint density at radius 3 is 1.40 bits per heavy atom. The van der Waals surface area contributed by atoms with Gasteiger partial charge in [0.05, 0.1) is 24.5 Å². The molecule has 8 rings (SSSR count). The lowest BCUT2D eigenvalue weighted by Gasteiger charge is -2.33. The lowest BCUT2D eigenvalue weighted by Crippen LogP contribution is -2.63. The van der Waals surface area contributed by atoms with Gasteiger partial charge in [-0.1, -0.05) is 153 Å². The molecule has 0 bridgehead atoms. The van der Waals surface area contributed by atoms with Gasteiger partial charge in [-0.25, -0.2) is 0 Å². The Balaban J connectivity index is 1.12. The van der Waals surface area contributed by atoms with Gasteiger partial charge in [0.25, 0.3) is 0 Å². The van der Waals surface area contributed by atoms with Crippen molar-refractivity contribution >= 4 is 124 Å². The van der Waals surface area contributed by atoms with Crippen molar-refractivity contribution in [3.05, 3.63) is 156 Å². The van der Waals surface area contributed by atoms with Crippen LogP contribution in [-0.4, -0.2) is 296 Å².